The first kappa shape index (κ1) is 21.4. The summed E-state index contributed by atoms with van der Waals surface area (Å²) < 4.78 is 34.7. The van der Waals surface area contributed by atoms with Crippen LogP contribution < -0.4 is 10.1 Å². The van der Waals surface area contributed by atoms with E-state index in [2.05, 4.69) is 9.71 Å². The monoisotopic (exact) mass is 419 g/mol. The Morgan fingerprint density at radius 2 is 1.90 bits per heavy atom. The maximum Gasteiger partial charge on any atom is 0.285 e. The van der Waals surface area contributed by atoms with Crippen LogP contribution in [0.25, 0.3) is 4.91 Å². The van der Waals surface area contributed by atoms with Crippen molar-refractivity contribution < 1.29 is 17.9 Å². The van der Waals surface area contributed by atoms with E-state index in [0.717, 1.165) is 6.42 Å². The number of rotatable bonds is 5. The van der Waals surface area contributed by atoms with E-state index in [0.29, 0.717) is 48.7 Å². The lowest BCUT2D eigenvalue weighted by Crippen LogP contribution is -2.44. The van der Waals surface area contributed by atoms with Crippen LogP contribution in [0.3, 0.4) is 0 Å². The van der Waals surface area contributed by atoms with E-state index in [1.807, 2.05) is 18.7 Å². The third-order valence-electron chi connectivity index (χ3n) is 5.66. The van der Waals surface area contributed by atoms with E-state index in [1.165, 1.54) is 0 Å². The molecule has 3 rings (SSSR count). The Labute approximate surface area is 172 Å². The highest BCUT2D eigenvalue weighted by molar-refractivity contribution is 8.00. The molecule has 1 N–H and O–H groups in total. The predicted molar refractivity (Wildman–Crippen MR) is 114 cm³/mol. The number of benzene rings is 1. The Kier molecular flexibility index (Phi) is 6.31. The first-order valence-electron chi connectivity index (χ1n) is 10.0. The molecule has 8 heteroatoms. The van der Waals surface area contributed by atoms with E-state index in [-0.39, 0.29) is 22.8 Å². The lowest BCUT2D eigenvalue weighted by Gasteiger charge is -2.33. The second kappa shape index (κ2) is 8.57. The Morgan fingerprint density at radius 1 is 1.28 bits per heavy atom. The maximum atomic E-state index is 12.7. The molecule has 2 aliphatic heterocycles. The normalized spacial score (nSPS) is 20.4. The average molecular weight is 420 g/mol. The van der Waals surface area contributed by atoms with Crippen molar-refractivity contribution in [2.45, 2.75) is 46.1 Å². The highest BCUT2D eigenvalue weighted by atomic mass is 32.2. The Morgan fingerprint density at radius 3 is 2.45 bits per heavy atom. The van der Waals surface area contributed by atoms with Gasteiger partial charge in [0.2, 0.25) is 5.91 Å². The Hall–Kier alpha value is -2.35. The van der Waals surface area contributed by atoms with Gasteiger partial charge in [-0.2, -0.15) is 8.42 Å². The van der Waals surface area contributed by atoms with Gasteiger partial charge in [0.05, 0.1) is 7.11 Å². The van der Waals surface area contributed by atoms with Crippen LogP contribution in [0, 0.1) is 5.92 Å². The molecule has 0 spiro atoms. The molecule has 0 aromatic heterocycles. The minimum absolute atomic E-state index is 0.0378. The van der Waals surface area contributed by atoms with Crippen molar-refractivity contribution in [3.8, 4) is 5.75 Å². The number of nitrogens with zero attached hydrogens (tertiary/aromatic N) is 2. The van der Waals surface area contributed by atoms with Gasteiger partial charge in [0, 0.05) is 30.6 Å². The van der Waals surface area contributed by atoms with Crippen molar-refractivity contribution in [2.24, 2.45) is 10.3 Å². The van der Waals surface area contributed by atoms with Crippen LogP contribution in [0.4, 0.5) is 0 Å². The van der Waals surface area contributed by atoms with E-state index in [1.54, 1.807) is 38.3 Å². The van der Waals surface area contributed by atoms with Gasteiger partial charge in [-0.1, -0.05) is 6.92 Å². The van der Waals surface area contributed by atoms with E-state index in [4.69, 9.17) is 4.74 Å². The van der Waals surface area contributed by atoms with Gasteiger partial charge in [-0.15, -0.1) is 4.40 Å². The summed E-state index contributed by atoms with van der Waals surface area (Å²) in [6, 6.07) is 7.12. The molecule has 0 unspecified atom stereocenters. The molecule has 7 nitrogen and oxygen atoms in total. The largest absolute Gasteiger partial charge is 0.497 e. The smallest absolute Gasteiger partial charge is 0.285 e. The molecular formula is C21H29N3O4S. The molecule has 0 aliphatic carbocycles. The van der Waals surface area contributed by atoms with Gasteiger partial charge in [-0.05, 0) is 62.9 Å². The molecule has 1 aromatic carbocycles. The molecule has 1 saturated heterocycles. The number of piperidine rings is 1. The molecule has 1 aromatic rings. The molecule has 29 heavy (non-hydrogen) atoms. The van der Waals surface area contributed by atoms with Gasteiger partial charge in [-0.3, -0.25) is 4.79 Å². The number of sulfonamides is 1. The van der Waals surface area contributed by atoms with Crippen LogP contribution in [-0.2, 0) is 14.8 Å². The van der Waals surface area contributed by atoms with Gasteiger partial charge in [-0.25, -0.2) is 0 Å². The van der Waals surface area contributed by atoms with Crippen molar-refractivity contribution in [1.29, 1.82) is 0 Å². The lowest BCUT2D eigenvalue weighted by atomic mass is 9.95. The number of carbonyl (C=O) groups excluding carboxylic acids is 1. The molecular weight excluding hydrogens is 390 g/mol. The van der Waals surface area contributed by atoms with Gasteiger partial charge in [0.15, 0.2) is 0 Å². The number of likely N-dealkylation sites (tertiary alicyclic amines) is 1. The average Bonchev–Trinajstić information content (AvgIpc) is 2.96. The highest BCUT2D eigenvalue weighted by Crippen LogP contribution is 2.35. The highest BCUT2D eigenvalue weighted by Gasteiger charge is 2.35. The fraction of sp³-hybridized carbons (Fsp3) is 0.524. The molecule has 2 aliphatic rings. The first-order valence-corrected chi connectivity index (χ1v) is 11.5. The fourth-order valence-electron chi connectivity index (χ4n) is 3.74. The van der Waals surface area contributed by atoms with Crippen molar-refractivity contribution in [1.82, 2.24) is 10.2 Å². The second-order valence-electron chi connectivity index (χ2n) is 7.65. The van der Waals surface area contributed by atoms with E-state index in [9.17, 15) is 13.2 Å². The molecule has 0 saturated carbocycles. The predicted octanol–water partition coefficient (Wildman–Crippen LogP) is 2.79. The van der Waals surface area contributed by atoms with Crippen LogP contribution >= 0.6 is 0 Å². The van der Waals surface area contributed by atoms with E-state index >= 15 is 0 Å². The first-order chi connectivity index (χ1) is 13.8. The summed E-state index contributed by atoms with van der Waals surface area (Å²) in [6.07, 6.45) is 2.27. The fourth-order valence-corrected chi connectivity index (χ4v) is 5.23. The zero-order chi connectivity index (χ0) is 21.2. The minimum atomic E-state index is -3.75. The summed E-state index contributed by atoms with van der Waals surface area (Å²) >= 11 is 0. The van der Waals surface area contributed by atoms with Gasteiger partial charge >= 0.3 is 0 Å². The van der Waals surface area contributed by atoms with Crippen LogP contribution in [0.15, 0.2) is 34.2 Å². The van der Waals surface area contributed by atoms with Crippen molar-refractivity contribution in [3.63, 3.8) is 0 Å². The number of methoxy groups -OCH3 is 1. The number of amidine groups is 1. The van der Waals surface area contributed by atoms with Gasteiger partial charge in [0.1, 0.15) is 16.5 Å². The zero-order valence-electron chi connectivity index (χ0n) is 17.4. The number of amides is 1. The molecule has 1 amide bonds. The van der Waals surface area contributed by atoms with Crippen molar-refractivity contribution in [3.05, 3.63) is 35.4 Å². The Bertz CT molecular complexity index is 927. The Balaban J connectivity index is 1.75. The number of hydrogen-bond donors (Lipinski definition) is 1. The van der Waals surface area contributed by atoms with Crippen LogP contribution in [0.5, 0.6) is 5.75 Å². The SMILES string of the molecule is CC[C@H](C)NC(=O)C1CCN(C2=NS(=O)(=O)C(c3ccc(OC)cc3)=C2C)CC1. The molecule has 0 radical (unpaired) electrons. The summed E-state index contributed by atoms with van der Waals surface area (Å²) in [5, 5.41) is 3.04. The number of hydrogen-bond acceptors (Lipinski definition) is 5. The molecule has 2 heterocycles. The number of carbonyl (C=O) groups is 1. The standard InChI is InChI=1S/C21H29N3O4S/c1-5-14(2)22-21(25)17-10-12-24(13-11-17)20-15(3)19(29(26,27)23-20)16-6-8-18(28-4)9-7-16/h6-9,14,17H,5,10-13H2,1-4H3,(H,22,25)/t14-/m0/s1. The summed E-state index contributed by atoms with van der Waals surface area (Å²) in [5.41, 5.74) is 1.25. The van der Waals surface area contributed by atoms with Crippen molar-refractivity contribution in [2.75, 3.05) is 20.2 Å². The van der Waals surface area contributed by atoms with Crippen LogP contribution in [0.2, 0.25) is 0 Å². The molecule has 1 atom stereocenters. The van der Waals surface area contributed by atoms with Gasteiger partial charge < -0.3 is 15.0 Å². The maximum absolute atomic E-state index is 12.7. The topological polar surface area (TPSA) is 88.1 Å². The summed E-state index contributed by atoms with van der Waals surface area (Å²) in [5.74, 6) is 1.22. The summed E-state index contributed by atoms with van der Waals surface area (Å²) in [4.78, 5) is 14.6. The zero-order valence-corrected chi connectivity index (χ0v) is 18.3. The molecule has 1 fully saturated rings. The van der Waals surface area contributed by atoms with Crippen LogP contribution in [0.1, 0.15) is 45.6 Å². The quantitative estimate of drug-likeness (QED) is 0.793. The van der Waals surface area contributed by atoms with Crippen molar-refractivity contribution >= 4 is 26.7 Å². The summed E-state index contributed by atoms with van der Waals surface area (Å²) in [6.45, 7) is 7.06. The third kappa shape index (κ3) is 4.47. The summed E-state index contributed by atoms with van der Waals surface area (Å²) in [7, 11) is -2.18. The van der Waals surface area contributed by atoms with Crippen LogP contribution in [-0.4, -0.2) is 51.3 Å². The van der Waals surface area contributed by atoms with E-state index < -0.39 is 10.0 Å². The van der Waals surface area contributed by atoms with Gasteiger partial charge in [0.25, 0.3) is 10.0 Å². The lowest BCUT2D eigenvalue weighted by molar-refractivity contribution is -0.126. The third-order valence-corrected chi connectivity index (χ3v) is 7.13. The number of ether oxygens (including phenoxy) is 1. The minimum Gasteiger partial charge on any atom is -0.497 e. The second-order valence-corrected chi connectivity index (χ2v) is 9.19. The molecule has 0 bridgehead atoms. The molecule has 158 valence electrons. The number of nitrogens with one attached hydrogen (secondary N) is 1.